The summed E-state index contributed by atoms with van der Waals surface area (Å²) in [7, 11) is 0. The van der Waals surface area contributed by atoms with Crippen molar-refractivity contribution in [3.05, 3.63) is 34.1 Å². The number of benzene rings is 1. The molecule has 1 aromatic carbocycles. The molecular formula is C11H14ClFO. The summed E-state index contributed by atoms with van der Waals surface area (Å²) in [6.45, 7) is 5.30. The fraction of sp³-hybridized carbons (Fsp3) is 0.455. The molecule has 0 radical (unpaired) electrons. The number of aliphatic hydroxyl groups is 1. The first-order valence-corrected chi connectivity index (χ1v) is 4.95. The van der Waals surface area contributed by atoms with E-state index in [0.29, 0.717) is 5.56 Å². The van der Waals surface area contributed by atoms with Crippen molar-refractivity contribution in [1.82, 2.24) is 0 Å². The maximum absolute atomic E-state index is 13.6. The number of halogens is 2. The minimum Gasteiger partial charge on any atom is -0.388 e. The van der Waals surface area contributed by atoms with Crippen LogP contribution in [0.3, 0.4) is 0 Å². The van der Waals surface area contributed by atoms with E-state index in [4.69, 9.17) is 11.6 Å². The highest BCUT2D eigenvalue weighted by Gasteiger charge is 2.20. The molecule has 0 bridgehead atoms. The second kappa shape index (κ2) is 4.28. The molecule has 0 amide bonds. The Morgan fingerprint density at radius 3 is 2.43 bits per heavy atom. The van der Waals surface area contributed by atoms with Crippen LogP contribution < -0.4 is 0 Å². The van der Waals surface area contributed by atoms with Gasteiger partial charge in [-0.3, -0.25) is 0 Å². The number of hydrogen-bond acceptors (Lipinski definition) is 1. The van der Waals surface area contributed by atoms with Crippen LogP contribution in [0.2, 0.25) is 5.02 Å². The fourth-order valence-corrected chi connectivity index (χ4v) is 1.54. The zero-order valence-electron chi connectivity index (χ0n) is 8.51. The van der Waals surface area contributed by atoms with Crippen LogP contribution in [-0.4, -0.2) is 5.11 Å². The monoisotopic (exact) mass is 216 g/mol. The van der Waals surface area contributed by atoms with E-state index in [1.54, 1.807) is 19.1 Å². The van der Waals surface area contributed by atoms with Crippen molar-refractivity contribution in [1.29, 1.82) is 0 Å². The van der Waals surface area contributed by atoms with E-state index in [0.717, 1.165) is 0 Å². The molecule has 0 fully saturated rings. The van der Waals surface area contributed by atoms with Gasteiger partial charge >= 0.3 is 0 Å². The Hall–Kier alpha value is -0.600. The lowest BCUT2D eigenvalue weighted by Crippen LogP contribution is -2.09. The zero-order valence-corrected chi connectivity index (χ0v) is 9.27. The van der Waals surface area contributed by atoms with Crippen molar-refractivity contribution in [3.63, 3.8) is 0 Å². The number of aliphatic hydroxyl groups excluding tert-OH is 1. The van der Waals surface area contributed by atoms with Gasteiger partial charge in [0.15, 0.2) is 0 Å². The third-order valence-electron chi connectivity index (χ3n) is 2.25. The maximum atomic E-state index is 13.6. The van der Waals surface area contributed by atoms with Crippen LogP contribution in [0.15, 0.2) is 12.1 Å². The highest BCUT2D eigenvalue weighted by Crippen LogP contribution is 2.31. The summed E-state index contributed by atoms with van der Waals surface area (Å²) < 4.78 is 13.6. The molecule has 1 unspecified atom stereocenters. The van der Waals surface area contributed by atoms with Crippen molar-refractivity contribution in [2.24, 2.45) is 5.92 Å². The van der Waals surface area contributed by atoms with E-state index in [2.05, 4.69) is 0 Å². The standard InChI is InChI=1S/C11H14ClFO/c1-6(2)11(14)9-8(12)5-4-7(3)10(9)13/h4-6,11,14H,1-3H3. The highest BCUT2D eigenvalue weighted by molar-refractivity contribution is 6.31. The minimum absolute atomic E-state index is 0.0520. The molecule has 0 spiro atoms. The lowest BCUT2D eigenvalue weighted by Gasteiger charge is -2.17. The number of rotatable bonds is 2. The fourth-order valence-electron chi connectivity index (χ4n) is 1.28. The second-order valence-corrected chi connectivity index (χ2v) is 4.19. The molecule has 3 heteroatoms. The maximum Gasteiger partial charge on any atom is 0.133 e. The summed E-state index contributed by atoms with van der Waals surface area (Å²) in [4.78, 5) is 0. The molecule has 1 rings (SSSR count). The molecule has 78 valence electrons. The molecule has 0 heterocycles. The largest absolute Gasteiger partial charge is 0.388 e. The second-order valence-electron chi connectivity index (χ2n) is 3.78. The average Bonchev–Trinajstić information content (AvgIpc) is 2.12. The third kappa shape index (κ3) is 2.07. The molecular weight excluding hydrogens is 203 g/mol. The normalized spacial score (nSPS) is 13.4. The first kappa shape index (κ1) is 11.5. The molecule has 0 aliphatic carbocycles. The summed E-state index contributed by atoms with van der Waals surface area (Å²) in [5.41, 5.74) is 0.714. The molecule has 0 aromatic heterocycles. The van der Waals surface area contributed by atoms with Gasteiger partial charge in [0.25, 0.3) is 0 Å². The average molecular weight is 217 g/mol. The summed E-state index contributed by atoms with van der Waals surface area (Å²) in [5.74, 6) is -0.456. The van der Waals surface area contributed by atoms with E-state index in [-0.39, 0.29) is 16.5 Å². The summed E-state index contributed by atoms with van der Waals surface area (Å²) in [5, 5.41) is 10.0. The Bertz CT molecular complexity index is 336. The SMILES string of the molecule is Cc1ccc(Cl)c(C(O)C(C)C)c1F. The van der Waals surface area contributed by atoms with Gasteiger partial charge in [0, 0.05) is 10.6 Å². The van der Waals surface area contributed by atoms with E-state index >= 15 is 0 Å². The minimum atomic E-state index is -0.845. The van der Waals surface area contributed by atoms with Gasteiger partial charge in [0.1, 0.15) is 5.82 Å². The molecule has 0 saturated heterocycles. The van der Waals surface area contributed by atoms with Crippen LogP contribution in [0, 0.1) is 18.7 Å². The van der Waals surface area contributed by atoms with Crippen LogP contribution >= 0.6 is 11.6 Å². The van der Waals surface area contributed by atoms with Crippen molar-refractivity contribution < 1.29 is 9.50 Å². The third-order valence-corrected chi connectivity index (χ3v) is 2.58. The van der Waals surface area contributed by atoms with Crippen LogP contribution in [-0.2, 0) is 0 Å². The molecule has 1 aromatic rings. The number of aryl methyl sites for hydroxylation is 1. The molecule has 1 N–H and O–H groups in total. The van der Waals surface area contributed by atoms with Gasteiger partial charge in [-0.1, -0.05) is 31.5 Å². The van der Waals surface area contributed by atoms with Gasteiger partial charge in [-0.15, -0.1) is 0 Å². The van der Waals surface area contributed by atoms with Crippen LogP contribution in [0.1, 0.15) is 31.1 Å². The molecule has 0 aliphatic rings. The van der Waals surface area contributed by atoms with Crippen LogP contribution in [0.25, 0.3) is 0 Å². The first-order chi connectivity index (χ1) is 6.45. The van der Waals surface area contributed by atoms with Crippen molar-refractivity contribution in [2.75, 3.05) is 0 Å². The molecule has 1 nitrogen and oxygen atoms in total. The predicted molar refractivity (Wildman–Crippen MR) is 55.9 cm³/mol. The van der Waals surface area contributed by atoms with Crippen LogP contribution in [0.5, 0.6) is 0 Å². The van der Waals surface area contributed by atoms with Crippen molar-refractivity contribution in [2.45, 2.75) is 26.9 Å². The Morgan fingerprint density at radius 2 is 1.93 bits per heavy atom. The smallest absolute Gasteiger partial charge is 0.133 e. The van der Waals surface area contributed by atoms with E-state index < -0.39 is 11.9 Å². The first-order valence-electron chi connectivity index (χ1n) is 4.57. The van der Waals surface area contributed by atoms with E-state index in [9.17, 15) is 9.50 Å². The number of hydrogen-bond donors (Lipinski definition) is 1. The van der Waals surface area contributed by atoms with Gasteiger partial charge in [0.05, 0.1) is 6.10 Å². The van der Waals surface area contributed by atoms with Gasteiger partial charge in [-0.25, -0.2) is 4.39 Å². The summed E-state index contributed by atoms with van der Waals surface area (Å²) in [6, 6.07) is 3.22. The molecule has 0 saturated carbocycles. The summed E-state index contributed by atoms with van der Waals surface area (Å²) in [6.07, 6.45) is -0.845. The van der Waals surface area contributed by atoms with Gasteiger partial charge in [0.2, 0.25) is 0 Å². The van der Waals surface area contributed by atoms with Gasteiger partial charge < -0.3 is 5.11 Å². The Balaban J connectivity index is 3.25. The Morgan fingerprint density at radius 1 is 1.36 bits per heavy atom. The molecule has 1 atom stereocenters. The molecule has 14 heavy (non-hydrogen) atoms. The van der Waals surface area contributed by atoms with Crippen molar-refractivity contribution >= 4 is 11.6 Å². The highest BCUT2D eigenvalue weighted by atomic mass is 35.5. The Kier molecular flexibility index (Phi) is 3.51. The Labute approximate surface area is 88.5 Å². The van der Waals surface area contributed by atoms with E-state index in [1.165, 1.54) is 0 Å². The van der Waals surface area contributed by atoms with E-state index in [1.807, 2.05) is 13.8 Å². The summed E-state index contributed by atoms with van der Waals surface area (Å²) >= 11 is 5.84. The molecule has 0 aliphatic heterocycles. The zero-order chi connectivity index (χ0) is 10.9. The van der Waals surface area contributed by atoms with Gasteiger partial charge in [-0.05, 0) is 24.5 Å². The quantitative estimate of drug-likeness (QED) is 0.803. The van der Waals surface area contributed by atoms with Crippen LogP contribution in [0.4, 0.5) is 4.39 Å². The lowest BCUT2D eigenvalue weighted by molar-refractivity contribution is 0.123. The predicted octanol–water partition coefficient (Wildman–Crippen LogP) is 3.48. The topological polar surface area (TPSA) is 20.2 Å². The lowest BCUT2D eigenvalue weighted by atomic mass is 9.97. The van der Waals surface area contributed by atoms with Gasteiger partial charge in [-0.2, -0.15) is 0 Å². The van der Waals surface area contributed by atoms with Crippen molar-refractivity contribution in [3.8, 4) is 0 Å².